The summed E-state index contributed by atoms with van der Waals surface area (Å²) < 4.78 is 37.4. The fourth-order valence-electron chi connectivity index (χ4n) is 1.45. The molecule has 1 aromatic carbocycles. The lowest BCUT2D eigenvalue weighted by molar-refractivity contribution is -0.137. The molecule has 0 radical (unpaired) electrons. The number of alkyl halides is 3. The molecule has 0 aliphatic heterocycles. The Morgan fingerprint density at radius 3 is 2.67 bits per heavy atom. The summed E-state index contributed by atoms with van der Waals surface area (Å²) in [5.41, 5.74) is 5.26. The zero-order chi connectivity index (χ0) is 13.8. The molecule has 1 amide bonds. The van der Waals surface area contributed by atoms with Crippen LogP contribution in [-0.4, -0.2) is 17.7 Å². The minimum absolute atomic E-state index is 0.0900. The number of halogens is 3. The van der Waals surface area contributed by atoms with E-state index in [2.05, 4.69) is 5.32 Å². The summed E-state index contributed by atoms with van der Waals surface area (Å²) in [4.78, 5) is 10.2. The molecule has 0 fully saturated rings. The molecule has 1 atom stereocenters. The molecule has 0 saturated heterocycles. The Morgan fingerprint density at radius 2 is 2.11 bits per heavy atom. The van der Waals surface area contributed by atoms with Crippen molar-refractivity contribution >= 4 is 6.09 Å². The Bertz CT molecular complexity index is 421. The van der Waals surface area contributed by atoms with Crippen LogP contribution in [0.4, 0.5) is 18.0 Å². The minimum atomic E-state index is -4.41. The van der Waals surface area contributed by atoms with Crippen molar-refractivity contribution in [3.8, 4) is 0 Å². The van der Waals surface area contributed by atoms with Crippen molar-refractivity contribution < 1.29 is 23.1 Å². The first-order valence-corrected chi connectivity index (χ1v) is 5.20. The highest BCUT2D eigenvalue weighted by atomic mass is 19.4. The minimum Gasteiger partial charge on any atom is -0.465 e. The lowest BCUT2D eigenvalue weighted by atomic mass is 10.0. The van der Waals surface area contributed by atoms with Gasteiger partial charge in [-0.15, -0.1) is 0 Å². The third-order valence-electron chi connectivity index (χ3n) is 2.37. The van der Waals surface area contributed by atoms with Crippen LogP contribution in [0.2, 0.25) is 0 Å². The van der Waals surface area contributed by atoms with Crippen LogP contribution in [-0.2, 0) is 6.18 Å². The van der Waals surface area contributed by atoms with E-state index in [0.717, 1.165) is 12.1 Å². The average Bonchev–Trinajstić information content (AvgIpc) is 2.27. The summed E-state index contributed by atoms with van der Waals surface area (Å²) in [7, 11) is 0. The van der Waals surface area contributed by atoms with Crippen molar-refractivity contribution in [3.63, 3.8) is 0 Å². The highest BCUT2D eigenvalue weighted by molar-refractivity contribution is 5.64. The first-order chi connectivity index (χ1) is 8.30. The van der Waals surface area contributed by atoms with Crippen molar-refractivity contribution in [3.05, 3.63) is 35.4 Å². The monoisotopic (exact) mass is 262 g/mol. The third-order valence-corrected chi connectivity index (χ3v) is 2.37. The molecule has 4 nitrogen and oxygen atoms in total. The number of amides is 1. The normalized spacial score (nSPS) is 13.1. The topological polar surface area (TPSA) is 75.3 Å². The van der Waals surface area contributed by atoms with Gasteiger partial charge in [0, 0.05) is 12.6 Å². The van der Waals surface area contributed by atoms with Crippen LogP contribution >= 0.6 is 0 Å². The Balaban J connectivity index is 2.68. The van der Waals surface area contributed by atoms with Crippen LogP contribution in [0.5, 0.6) is 0 Å². The van der Waals surface area contributed by atoms with E-state index in [1.54, 1.807) is 0 Å². The van der Waals surface area contributed by atoms with Gasteiger partial charge in [0.1, 0.15) is 0 Å². The molecule has 0 heterocycles. The van der Waals surface area contributed by atoms with Gasteiger partial charge in [0.2, 0.25) is 0 Å². The maximum atomic E-state index is 12.5. The van der Waals surface area contributed by atoms with E-state index in [4.69, 9.17) is 10.8 Å². The molecule has 100 valence electrons. The number of rotatable bonds is 4. The number of hydrogen-bond donors (Lipinski definition) is 3. The molecule has 0 unspecified atom stereocenters. The summed E-state index contributed by atoms with van der Waals surface area (Å²) >= 11 is 0. The molecule has 0 bridgehead atoms. The fourth-order valence-corrected chi connectivity index (χ4v) is 1.45. The van der Waals surface area contributed by atoms with Crippen molar-refractivity contribution in [2.24, 2.45) is 5.73 Å². The summed E-state index contributed by atoms with van der Waals surface area (Å²) in [6.45, 7) is 0.0900. The second-order valence-corrected chi connectivity index (χ2v) is 3.75. The molecular weight excluding hydrogens is 249 g/mol. The fraction of sp³-hybridized carbons (Fsp3) is 0.364. The van der Waals surface area contributed by atoms with Gasteiger partial charge in [-0.05, 0) is 24.1 Å². The Hall–Kier alpha value is -1.76. The zero-order valence-corrected chi connectivity index (χ0v) is 9.37. The summed E-state index contributed by atoms with van der Waals surface area (Å²) in [6, 6.07) is 4.07. The quantitative estimate of drug-likeness (QED) is 0.779. The van der Waals surface area contributed by atoms with E-state index in [0.29, 0.717) is 5.56 Å². The average molecular weight is 262 g/mol. The second kappa shape index (κ2) is 5.72. The van der Waals surface area contributed by atoms with Crippen LogP contribution < -0.4 is 11.1 Å². The van der Waals surface area contributed by atoms with E-state index < -0.39 is 23.9 Å². The van der Waals surface area contributed by atoms with E-state index in [1.807, 2.05) is 0 Å². The van der Waals surface area contributed by atoms with Crippen molar-refractivity contribution in [1.29, 1.82) is 0 Å². The molecule has 1 rings (SSSR count). The van der Waals surface area contributed by atoms with Crippen molar-refractivity contribution in [2.45, 2.75) is 18.6 Å². The van der Waals surface area contributed by atoms with Gasteiger partial charge in [0.15, 0.2) is 0 Å². The van der Waals surface area contributed by atoms with Crippen LogP contribution in [0, 0.1) is 0 Å². The van der Waals surface area contributed by atoms with Gasteiger partial charge in [0.05, 0.1) is 5.56 Å². The first kappa shape index (κ1) is 14.3. The number of benzene rings is 1. The molecule has 0 aliphatic rings. The van der Waals surface area contributed by atoms with Crippen LogP contribution in [0.1, 0.15) is 23.6 Å². The Morgan fingerprint density at radius 1 is 1.44 bits per heavy atom. The molecule has 1 aromatic rings. The lowest BCUT2D eigenvalue weighted by Gasteiger charge is -2.14. The highest BCUT2D eigenvalue weighted by Gasteiger charge is 2.30. The van der Waals surface area contributed by atoms with E-state index in [-0.39, 0.29) is 13.0 Å². The lowest BCUT2D eigenvalue weighted by Crippen LogP contribution is -2.25. The maximum Gasteiger partial charge on any atom is 0.416 e. The molecule has 4 N–H and O–H groups in total. The molecule has 0 spiro atoms. The smallest absolute Gasteiger partial charge is 0.416 e. The van der Waals surface area contributed by atoms with Crippen molar-refractivity contribution in [1.82, 2.24) is 5.32 Å². The number of nitrogens with one attached hydrogen (secondary N) is 1. The second-order valence-electron chi connectivity index (χ2n) is 3.75. The number of hydrogen-bond acceptors (Lipinski definition) is 2. The highest BCUT2D eigenvalue weighted by Crippen LogP contribution is 2.30. The predicted molar refractivity (Wildman–Crippen MR) is 59.0 cm³/mol. The van der Waals surface area contributed by atoms with Gasteiger partial charge in [-0.3, -0.25) is 0 Å². The van der Waals surface area contributed by atoms with Gasteiger partial charge < -0.3 is 16.2 Å². The summed E-state index contributed by atoms with van der Waals surface area (Å²) in [5.74, 6) is 0. The third kappa shape index (κ3) is 4.25. The van der Waals surface area contributed by atoms with E-state index in [1.165, 1.54) is 12.1 Å². The summed E-state index contributed by atoms with van der Waals surface area (Å²) in [5, 5.41) is 10.5. The maximum absolute atomic E-state index is 12.5. The van der Waals surface area contributed by atoms with Crippen LogP contribution in [0.15, 0.2) is 24.3 Å². The molecule has 18 heavy (non-hydrogen) atoms. The van der Waals surface area contributed by atoms with Crippen LogP contribution in [0.3, 0.4) is 0 Å². The molecular formula is C11H13F3N2O2. The molecule has 0 aliphatic carbocycles. The number of nitrogens with two attached hydrogens (primary N) is 1. The molecule has 7 heteroatoms. The summed E-state index contributed by atoms with van der Waals surface area (Å²) in [6.07, 6.45) is -5.37. The van der Waals surface area contributed by atoms with Gasteiger partial charge in [-0.1, -0.05) is 12.1 Å². The number of carbonyl (C=O) groups is 1. The first-order valence-electron chi connectivity index (χ1n) is 5.20. The zero-order valence-electron chi connectivity index (χ0n) is 9.37. The molecule has 0 saturated carbocycles. The van der Waals surface area contributed by atoms with Gasteiger partial charge >= 0.3 is 12.3 Å². The predicted octanol–water partition coefficient (Wildman–Crippen LogP) is 2.36. The van der Waals surface area contributed by atoms with E-state index >= 15 is 0 Å². The van der Waals surface area contributed by atoms with Gasteiger partial charge in [-0.2, -0.15) is 13.2 Å². The largest absolute Gasteiger partial charge is 0.465 e. The standard InChI is InChI=1S/C11H13F3N2O2/c12-11(13,14)8-3-1-2-7(6-8)9(15)4-5-16-10(17)18/h1-3,6,9,16H,4-5,15H2,(H,17,18)/t9-/m0/s1. The Labute approximate surface area is 102 Å². The number of carboxylic acid groups (broad SMARTS) is 1. The Kier molecular flexibility index (Phi) is 4.55. The van der Waals surface area contributed by atoms with Crippen LogP contribution in [0.25, 0.3) is 0 Å². The van der Waals surface area contributed by atoms with Gasteiger partial charge in [-0.25, -0.2) is 4.79 Å². The molecule has 0 aromatic heterocycles. The van der Waals surface area contributed by atoms with Crippen molar-refractivity contribution in [2.75, 3.05) is 6.54 Å². The SMILES string of the molecule is N[C@@H](CCNC(=O)O)c1cccc(C(F)(F)F)c1. The van der Waals surface area contributed by atoms with Gasteiger partial charge in [0.25, 0.3) is 0 Å². The van der Waals surface area contributed by atoms with E-state index in [9.17, 15) is 18.0 Å².